The summed E-state index contributed by atoms with van der Waals surface area (Å²) in [5.74, 6) is -0.753. The molecule has 1 N–H and O–H groups in total. The van der Waals surface area contributed by atoms with Gasteiger partial charge >= 0.3 is 5.97 Å². The molecule has 0 aliphatic rings. The molecule has 0 aliphatic heterocycles. The third kappa shape index (κ3) is 3.47. The minimum Gasteiger partial charge on any atom is -0.476 e. The number of rotatable bonds is 5. The lowest BCUT2D eigenvalue weighted by molar-refractivity contribution is 0.0690. The molecule has 6 nitrogen and oxygen atoms in total. The van der Waals surface area contributed by atoms with E-state index in [4.69, 9.17) is 5.11 Å². The summed E-state index contributed by atoms with van der Waals surface area (Å²) in [5.41, 5.74) is 1.00. The number of aromatic carboxylic acids is 1. The number of carboxylic acids is 1. The summed E-state index contributed by atoms with van der Waals surface area (Å²) in [6.45, 7) is 2.33. The van der Waals surface area contributed by atoms with E-state index in [1.807, 2.05) is 31.2 Å². The molecule has 1 aromatic heterocycles. The van der Waals surface area contributed by atoms with Gasteiger partial charge in [-0.3, -0.25) is 8.89 Å². The average Bonchev–Trinajstić information content (AvgIpc) is 2.86. The summed E-state index contributed by atoms with van der Waals surface area (Å²) in [5, 5.41) is 15.9. The second-order valence-corrected chi connectivity index (χ2v) is 5.61. The Hall–Kier alpha value is -2.02. The van der Waals surface area contributed by atoms with Gasteiger partial charge in [0.25, 0.3) is 0 Å². The van der Waals surface area contributed by atoms with Crippen molar-refractivity contribution in [1.82, 2.24) is 15.0 Å². The Bertz CT molecular complexity index is 607. The van der Waals surface area contributed by atoms with Gasteiger partial charge in [0.05, 0.1) is 23.5 Å². The highest BCUT2D eigenvalue weighted by molar-refractivity contribution is 7.85. The van der Waals surface area contributed by atoms with Crippen LogP contribution in [0.15, 0.2) is 35.4 Å². The van der Waals surface area contributed by atoms with Crippen molar-refractivity contribution in [2.75, 3.05) is 5.75 Å². The molecule has 0 amide bonds. The number of hydrogen-bond acceptors (Lipinski definition) is 4. The van der Waals surface area contributed by atoms with Crippen molar-refractivity contribution in [3.63, 3.8) is 0 Å². The Morgan fingerprint density at radius 3 is 2.63 bits per heavy atom. The highest BCUT2D eigenvalue weighted by atomic mass is 32.2. The average molecular weight is 279 g/mol. The van der Waals surface area contributed by atoms with Gasteiger partial charge in [0, 0.05) is 10.6 Å². The molecular formula is C12H13N3O3S. The maximum Gasteiger partial charge on any atom is 0.358 e. The second kappa shape index (κ2) is 5.75. The number of carboxylic acid groups (broad SMARTS) is 1. The van der Waals surface area contributed by atoms with E-state index in [0.717, 1.165) is 10.5 Å². The van der Waals surface area contributed by atoms with Crippen LogP contribution in [-0.2, 0) is 17.3 Å². The number of aromatic nitrogens is 3. The van der Waals surface area contributed by atoms with Crippen LogP contribution in [0, 0.1) is 6.92 Å². The Balaban J connectivity index is 1.96. The van der Waals surface area contributed by atoms with Crippen molar-refractivity contribution in [3.05, 3.63) is 41.7 Å². The maximum absolute atomic E-state index is 12.0. The zero-order chi connectivity index (χ0) is 13.8. The molecule has 1 unspecified atom stereocenters. The van der Waals surface area contributed by atoms with Gasteiger partial charge in [0.2, 0.25) is 0 Å². The molecular weight excluding hydrogens is 266 g/mol. The Kier molecular flexibility index (Phi) is 4.06. The van der Waals surface area contributed by atoms with Crippen LogP contribution in [0.25, 0.3) is 0 Å². The predicted octanol–water partition coefficient (Wildman–Crippen LogP) is 1.09. The topological polar surface area (TPSA) is 85.1 Å². The van der Waals surface area contributed by atoms with Gasteiger partial charge in [-0.1, -0.05) is 22.9 Å². The van der Waals surface area contributed by atoms with Crippen LogP contribution in [0.4, 0.5) is 0 Å². The van der Waals surface area contributed by atoms with E-state index in [9.17, 15) is 9.00 Å². The van der Waals surface area contributed by atoms with E-state index >= 15 is 0 Å². The number of hydrogen-bond donors (Lipinski definition) is 1. The Labute approximate surface area is 112 Å². The van der Waals surface area contributed by atoms with E-state index in [-0.39, 0.29) is 5.69 Å². The minimum absolute atomic E-state index is 0.110. The van der Waals surface area contributed by atoms with Crippen molar-refractivity contribution >= 4 is 16.8 Å². The van der Waals surface area contributed by atoms with Gasteiger partial charge < -0.3 is 5.11 Å². The Morgan fingerprint density at radius 2 is 2.05 bits per heavy atom. The summed E-state index contributed by atoms with van der Waals surface area (Å²) in [6.07, 6.45) is 1.33. The van der Waals surface area contributed by atoms with Gasteiger partial charge in [-0.05, 0) is 19.1 Å². The third-order valence-corrected chi connectivity index (χ3v) is 3.90. The molecule has 1 aromatic carbocycles. The first-order valence-electron chi connectivity index (χ1n) is 5.65. The van der Waals surface area contributed by atoms with E-state index < -0.39 is 16.8 Å². The first kappa shape index (κ1) is 13.4. The van der Waals surface area contributed by atoms with Crippen molar-refractivity contribution in [1.29, 1.82) is 0 Å². The van der Waals surface area contributed by atoms with Crippen LogP contribution in [-0.4, -0.2) is 36.0 Å². The number of nitrogens with zero attached hydrogens (tertiary/aromatic N) is 3. The van der Waals surface area contributed by atoms with Crippen LogP contribution >= 0.6 is 0 Å². The highest BCUT2D eigenvalue weighted by Crippen LogP contribution is 2.08. The van der Waals surface area contributed by atoms with E-state index in [2.05, 4.69) is 10.3 Å². The lowest BCUT2D eigenvalue weighted by atomic mass is 10.2. The molecule has 100 valence electrons. The first-order valence-corrected chi connectivity index (χ1v) is 6.96. The van der Waals surface area contributed by atoms with Crippen LogP contribution in [0.2, 0.25) is 0 Å². The smallest absolute Gasteiger partial charge is 0.358 e. The number of aryl methyl sites for hydroxylation is 2. The summed E-state index contributed by atoms with van der Waals surface area (Å²) in [7, 11) is -1.13. The van der Waals surface area contributed by atoms with Gasteiger partial charge in [0.1, 0.15) is 0 Å². The van der Waals surface area contributed by atoms with Crippen LogP contribution in [0.5, 0.6) is 0 Å². The standard InChI is InChI=1S/C12H13N3O3S/c1-9-2-4-10(5-3-9)19(18)7-6-15-8-11(12(16)17)13-14-15/h2-5,8H,6-7H2,1H3,(H,16,17). The SMILES string of the molecule is Cc1ccc(S(=O)CCn2cc(C(=O)O)nn2)cc1. The molecule has 1 heterocycles. The number of benzene rings is 1. The van der Waals surface area contributed by atoms with Crippen molar-refractivity contribution < 1.29 is 14.1 Å². The summed E-state index contributed by atoms with van der Waals surface area (Å²) in [6, 6.07) is 7.47. The van der Waals surface area contributed by atoms with E-state index in [1.165, 1.54) is 10.9 Å². The maximum atomic E-state index is 12.0. The van der Waals surface area contributed by atoms with Crippen molar-refractivity contribution in [2.24, 2.45) is 0 Å². The molecule has 19 heavy (non-hydrogen) atoms. The van der Waals surface area contributed by atoms with Crippen LogP contribution in [0.3, 0.4) is 0 Å². The van der Waals surface area contributed by atoms with Gasteiger partial charge in [0.15, 0.2) is 5.69 Å². The van der Waals surface area contributed by atoms with Crippen LogP contribution in [0.1, 0.15) is 16.1 Å². The molecule has 0 aliphatic carbocycles. The normalized spacial score (nSPS) is 12.3. The summed E-state index contributed by atoms with van der Waals surface area (Å²) < 4.78 is 13.4. The van der Waals surface area contributed by atoms with Gasteiger partial charge in [-0.25, -0.2) is 4.79 Å². The lowest BCUT2D eigenvalue weighted by Gasteiger charge is -2.02. The molecule has 2 rings (SSSR count). The molecule has 0 radical (unpaired) electrons. The van der Waals surface area contributed by atoms with E-state index in [0.29, 0.717) is 12.3 Å². The van der Waals surface area contributed by atoms with Crippen molar-refractivity contribution in [2.45, 2.75) is 18.4 Å². The molecule has 1 atom stereocenters. The predicted molar refractivity (Wildman–Crippen MR) is 69.4 cm³/mol. The van der Waals surface area contributed by atoms with Gasteiger partial charge in [-0.2, -0.15) is 0 Å². The van der Waals surface area contributed by atoms with Crippen LogP contribution < -0.4 is 0 Å². The first-order chi connectivity index (χ1) is 9.06. The molecule has 0 saturated carbocycles. The lowest BCUT2D eigenvalue weighted by Crippen LogP contribution is -2.08. The molecule has 0 fully saturated rings. The zero-order valence-electron chi connectivity index (χ0n) is 10.3. The number of carbonyl (C=O) groups is 1. The summed E-state index contributed by atoms with van der Waals surface area (Å²) in [4.78, 5) is 11.4. The fourth-order valence-electron chi connectivity index (χ4n) is 1.49. The molecule has 0 spiro atoms. The third-order valence-electron chi connectivity index (χ3n) is 2.55. The highest BCUT2D eigenvalue weighted by Gasteiger charge is 2.09. The second-order valence-electron chi connectivity index (χ2n) is 4.03. The largest absolute Gasteiger partial charge is 0.476 e. The fourth-order valence-corrected chi connectivity index (χ4v) is 2.52. The van der Waals surface area contributed by atoms with Gasteiger partial charge in [-0.15, -0.1) is 5.10 Å². The quantitative estimate of drug-likeness (QED) is 0.885. The molecule has 2 aromatic rings. The minimum atomic E-state index is -1.13. The monoisotopic (exact) mass is 279 g/mol. The Morgan fingerprint density at radius 1 is 1.37 bits per heavy atom. The molecule has 0 saturated heterocycles. The van der Waals surface area contributed by atoms with Crippen molar-refractivity contribution in [3.8, 4) is 0 Å². The van der Waals surface area contributed by atoms with E-state index in [1.54, 1.807) is 0 Å². The zero-order valence-corrected chi connectivity index (χ0v) is 11.1. The molecule has 0 bridgehead atoms. The summed E-state index contributed by atoms with van der Waals surface area (Å²) >= 11 is 0. The molecule has 7 heteroatoms. The fraction of sp³-hybridized carbons (Fsp3) is 0.250.